The van der Waals surface area contributed by atoms with Gasteiger partial charge in [-0.15, -0.1) is 0 Å². The number of ether oxygens (including phenoxy) is 1. The van der Waals surface area contributed by atoms with Crippen molar-refractivity contribution < 1.29 is 9.84 Å². The van der Waals surface area contributed by atoms with Crippen LogP contribution in [0.2, 0.25) is 5.02 Å². The summed E-state index contributed by atoms with van der Waals surface area (Å²) in [4.78, 5) is 0. The summed E-state index contributed by atoms with van der Waals surface area (Å²) in [5, 5.41) is 10.3. The molecule has 15 heavy (non-hydrogen) atoms. The average Bonchev–Trinajstić information content (AvgIpc) is 2.14. The molecule has 0 radical (unpaired) electrons. The smallest absolute Gasteiger partial charge is 0.122 e. The van der Waals surface area contributed by atoms with Crippen LogP contribution < -0.4 is 4.74 Å². The highest BCUT2D eigenvalue weighted by Crippen LogP contribution is 2.25. The second-order valence-electron chi connectivity index (χ2n) is 4.27. The first-order chi connectivity index (χ1) is 6.92. The number of rotatable bonds is 4. The first-order valence-electron chi connectivity index (χ1n) is 4.97. The summed E-state index contributed by atoms with van der Waals surface area (Å²) in [5.41, 5.74) is 0.375. The molecule has 0 aliphatic heterocycles. The van der Waals surface area contributed by atoms with Crippen molar-refractivity contribution in [3.63, 3.8) is 0 Å². The van der Waals surface area contributed by atoms with Crippen LogP contribution in [-0.4, -0.2) is 17.8 Å². The molecule has 0 spiro atoms. The lowest BCUT2D eigenvalue weighted by molar-refractivity contribution is 0.0712. The van der Waals surface area contributed by atoms with Gasteiger partial charge in [0.1, 0.15) is 5.75 Å². The van der Waals surface area contributed by atoms with Crippen molar-refractivity contribution in [1.29, 1.82) is 0 Å². The zero-order valence-corrected chi connectivity index (χ0v) is 10.1. The molecule has 0 aliphatic rings. The monoisotopic (exact) mass is 228 g/mol. The lowest BCUT2D eigenvalue weighted by atomic mass is 9.98. The average molecular weight is 229 g/mol. The van der Waals surface area contributed by atoms with Gasteiger partial charge in [-0.3, -0.25) is 0 Å². The van der Waals surface area contributed by atoms with Crippen LogP contribution in [0.15, 0.2) is 18.2 Å². The molecule has 2 nitrogen and oxygen atoms in total. The van der Waals surface area contributed by atoms with Crippen molar-refractivity contribution in [2.75, 3.05) is 7.11 Å². The molecule has 3 heteroatoms. The highest BCUT2D eigenvalue weighted by atomic mass is 35.5. The molecule has 1 N–H and O–H groups in total. The summed E-state index contributed by atoms with van der Waals surface area (Å²) < 4.78 is 5.23. The van der Waals surface area contributed by atoms with E-state index in [1.165, 1.54) is 0 Å². The minimum atomic E-state index is -0.659. The fourth-order valence-corrected chi connectivity index (χ4v) is 1.58. The topological polar surface area (TPSA) is 29.5 Å². The van der Waals surface area contributed by atoms with E-state index in [9.17, 15) is 5.11 Å². The molecule has 0 saturated heterocycles. The van der Waals surface area contributed by atoms with E-state index in [0.717, 1.165) is 17.7 Å². The lowest BCUT2D eigenvalue weighted by Gasteiger charge is -2.17. The number of halogens is 1. The van der Waals surface area contributed by atoms with E-state index < -0.39 is 5.60 Å². The molecular formula is C12H17ClO2. The fourth-order valence-electron chi connectivity index (χ4n) is 1.38. The highest BCUT2D eigenvalue weighted by Gasteiger charge is 2.14. The van der Waals surface area contributed by atoms with Gasteiger partial charge < -0.3 is 9.84 Å². The maximum absolute atomic E-state index is 9.64. The Kier molecular flexibility index (Phi) is 4.00. The Morgan fingerprint density at radius 1 is 1.40 bits per heavy atom. The van der Waals surface area contributed by atoms with Crippen LogP contribution in [0.1, 0.15) is 25.8 Å². The Hall–Kier alpha value is -0.730. The summed E-state index contributed by atoms with van der Waals surface area (Å²) in [7, 11) is 1.64. The molecule has 84 valence electrons. The summed E-state index contributed by atoms with van der Waals surface area (Å²) >= 11 is 5.91. The van der Waals surface area contributed by atoms with Crippen LogP contribution in [0.4, 0.5) is 0 Å². The van der Waals surface area contributed by atoms with Gasteiger partial charge in [0.05, 0.1) is 12.7 Å². The van der Waals surface area contributed by atoms with Gasteiger partial charge in [0.2, 0.25) is 0 Å². The van der Waals surface area contributed by atoms with E-state index in [1.54, 1.807) is 27.0 Å². The van der Waals surface area contributed by atoms with Gasteiger partial charge in [0.15, 0.2) is 0 Å². The molecule has 1 rings (SSSR count). The number of aliphatic hydroxyl groups is 1. The summed E-state index contributed by atoms with van der Waals surface area (Å²) in [5.74, 6) is 0.823. The Morgan fingerprint density at radius 3 is 2.60 bits per heavy atom. The van der Waals surface area contributed by atoms with Crippen LogP contribution in [0, 0.1) is 0 Å². The van der Waals surface area contributed by atoms with Crippen LogP contribution >= 0.6 is 11.6 Å². The molecule has 0 aliphatic carbocycles. The molecule has 0 aromatic heterocycles. The van der Waals surface area contributed by atoms with Crippen LogP contribution in [0.3, 0.4) is 0 Å². The minimum absolute atomic E-state index is 0.659. The number of benzene rings is 1. The lowest BCUT2D eigenvalue weighted by Crippen LogP contribution is -2.19. The maximum Gasteiger partial charge on any atom is 0.122 e. The van der Waals surface area contributed by atoms with Crippen LogP contribution in [0.25, 0.3) is 0 Å². The SMILES string of the molecule is COc1ccc(Cl)cc1CCC(C)(C)O. The summed E-state index contributed by atoms with van der Waals surface area (Å²) in [6, 6.07) is 5.53. The van der Waals surface area contributed by atoms with E-state index in [-0.39, 0.29) is 0 Å². The summed E-state index contributed by atoms with van der Waals surface area (Å²) in [6.45, 7) is 3.59. The predicted octanol–water partition coefficient (Wildman–Crippen LogP) is 3.05. The van der Waals surface area contributed by atoms with Crippen molar-refractivity contribution in [3.8, 4) is 5.75 Å². The van der Waals surface area contributed by atoms with E-state index in [4.69, 9.17) is 16.3 Å². The van der Waals surface area contributed by atoms with Crippen LogP contribution in [0.5, 0.6) is 5.75 Å². The van der Waals surface area contributed by atoms with Crippen molar-refractivity contribution in [1.82, 2.24) is 0 Å². The second-order valence-corrected chi connectivity index (χ2v) is 4.71. The first kappa shape index (κ1) is 12.3. The van der Waals surface area contributed by atoms with Crippen molar-refractivity contribution in [3.05, 3.63) is 28.8 Å². The normalized spacial score (nSPS) is 11.5. The number of hydrogen-bond acceptors (Lipinski definition) is 2. The Labute approximate surface area is 95.8 Å². The molecule has 1 aromatic carbocycles. The largest absolute Gasteiger partial charge is 0.496 e. The van der Waals surface area contributed by atoms with Gasteiger partial charge in [-0.25, -0.2) is 0 Å². The Balaban J connectivity index is 2.79. The molecule has 1 aromatic rings. The molecule has 0 heterocycles. The van der Waals surface area contributed by atoms with Gasteiger partial charge >= 0.3 is 0 Å². The van der Waals surface area contributed by atoms with E-state index >= 15 is 0 Å². The third kappa shape index (κ3) is 4.10. The second kappa shape index (κ2) is 4.86. The van der Waals surface area contributed by atoms with E-state index in [2.05, 4.69) is 0 Å². The molecule has 0 atom stereocenters. The predicted molar refractivity (Wildman–Crippen MR) is 62.6 cm³/mol. The van der Waals surface area contributed by atoms with Crippen molar-refractivity contribution >= 4 is 11.6 Å². The third-order valence-electron chi connectivity index (χ3n) is 2.25. The fraction of sp³-hybridized carbons (Fsp3) is 0.500. The Bertz CT molecular complexity index is 329. The standard InChI is InChI=1S/C12H17ClO2/c1-12(2,14)7-6-9-8-10(13)4-5-11(9)15-3/h4-5,8,14H,6-7H2,1-3H3. The zero-order valence-electron chi connectivity index (χ0n) is 9.38. The van der Waals surface area contributed by atoms with E-state index in [0.29, 0.717) is 11.4 Å². The summed E-state index contributed by atoms with van der Waals surface area (Å²) in [6.07, 6.45) is 1.44. The molecular weight excluding hydrogens is 212 g/mol. The number of hydrogen-bond donors (Lipinski definition) is 1. The van der Waals surface area contributed by atoms with E-state index in [1.807, 2.05) is 12.1 Å². The molecule has 0 fully saturated rings. The maximum atomic E-state index is 9.64. The van der Waals surface area contributed by atoms with Crippen LogP contribution in [-0.2, 0) is 6.42 Å². The van der Waals surface area contributed by atoms with Crippen molar-refractivity contribution in [2.24, 2.45) is 0 Å². The molecule has 0 unspecified atom stereocenters. The molecule has 0 saturated carbocycles. The number of aryl methyl sites for hydroxylation is 1. The quantitative estimate of drug-likeness (QED) is 0.859. The van der Waals surface area contributed by atoms with Crippen molar-refractivity contribution in [2.45, 2.75) is 32.3 Å². The minimum Gasteiger partial charge on any atom is -0.496 e. The Morgan fingerprint density at radius 2 is 2.07 bits per heavy atom. The first-order valence-corrected chi connectivity index (χ1v) is 5.35. The third-order valence-corrected chi connectivity index (χ3v) is 2.48. The molecule has 0 bridgehead atoms. The van der Waals surface area contributed by atoms with Gasteiger partial charge in [-0.05, 0) is 50.5 Å². The highest BCUT2D eigenvalue weighted by molar-refractivity contribution is 6.30. The van der Waals surface area contributed by atoms with Gasteiger partial charge in [0.25, 0.3) is 0 Å². The zero-order chi connectivity index (χ0) is 11.5. The van der Waals surface area contributed by atoms with Gasteiger partial charge in [0, 0.05) is 5.02 Å². The van der Waals surface area contributed by atoms with Gasteiger partial charge in [-0.1, -0.05) is 11.6 Å². The molecule has 0 amide bonds. The van der Waals surface area contributed by atoms with Gasteiger partial charge in [-0.2, -0.15) is 0 Å². The number of methoxy groups -OCH3 is 1.